The highest BCUT2D eigenvalue weighted by molar-refractivity contribution is 5.57. The van der Waals surface area contributed by atoms with Gasteiger partial charge in [-0.05, 0) is 25.7 Å². The Hall–Kier alpha value is -1.24. The van der Waals surface area contributed by atoms with Gasteiger partial charge in [0.05, 0.1) is 6.07 Å². The molecule has 1 atom stereocenters. The molecular weight excluding hydrogens is 242 g/mol. The molecule has 0 saturated carbocycles. The normalized spacial score (nSPS) is 11.8. The number of nitriles is 1. The number of hydrogen-bond acceptors (Lipinski definition) is 3. The van der Waals surface area contributed by atoms with Crippen molar-refractivity contribution in [2.24, 2.45) is 0 Å². The summed E-state index contributed by atoms with van der Waals surface area (Å²) >= 11 is 0. The van der Waals surface area contributed by atoms with Gasteiger partial charge in [0.15, 0.2) is 0 Å². The van der Waals surface area contributed by atoms with Gasteiger partial charge in [-0.1, -0.05) is 45.4 Å². The van der Waals surface area contributed by atoms with Gasteiger partial charge in [0, 0.05) is 6.42 Å². The molecule has 0 radical (unpaired) electrons. The summed E-state index contributed by atoms with van der Waals surface area (Å²) in [6, 6.07) is 2.07. The van der Waals surface area contributed by atoms with Crippen molar-refractivity contribution in [2.75, 3.05) is 0 Å². The topological polar surface area (TPSA) is 70.3 Å². The Bertz CT molecular complexity index is 261. The number of nitrogens with zero attached hydrogens (tertiary/aromatic N) is 1. The van der Waals surface area contributed by atoms with Gasteiger partial charge in [0.25, 0.3) is 0 Å². The Morgan fingerprint density at radius 1 is 1.11 bits per heavy atom. The third kappa shape index (κ3) is 13.0. The second-order valence-corrected chi connectivity index (χ2v) is 4.97. The van der Waals surface area contributed by atoms with E-state index in [4.69, 9.17) is 15.1 Å². The van der Waals surface area contributed by atoms with Crippen LogP contribution < -0.4 is 0 Å². The maximum Gasteiger partial charge on any atom is 0.506 e. The quantitative estimate of drug-likeness (QED) is 0.404. The minimum atomic E-state index is -1.20. The van der Waals surface area contributed by atoms with Crippen LogP contribution in [0, 0.1) is 11.3 Å². The Kier molecular flexibility index (Phi) is 12.3. The monoisotopic (exact) mass is 269 g/mol. The fourth-order valence-electron chi connectivity index (χ4n) is 2.14. The van der Waals surface area contributed by atoms with Gasteiger partial charge >= 0.3 is 6.16 Å². The molecule has 0 spiro atoms. The van der Waals surface area contributed by atoms with Gasteiger partial charge in [0.2, 0.25) is 0 Å². The predicted molar refractivity (Wildman–Crippen MR) is 75.0 cm³/mol. The zero-order valence-corrected chi connectivity index (χ0v) is 12.1. The van der Waals surface area contributed by atoms with Crippen molar-refractivity contribution in [3.05, 3.63) is 0 Å². The molecule has 4 heteroatoms. The zero-order valence-electron chi connectivity index (χ0n) is 12.1. The first-order chi connectivity index (χ1) is 9.20. The van der Waals surface area contributed by atoms with Crippen LogP contribution >= 0.6 is 0 Å². The van der Waals surface area contributed by atoms with E-state index in [1.165, 1.54) is 32.1 Å². The van der Waals surface area contributed by atoms with E-state index in [1.807, 2.05) is 0 Å². The lowest BCUT2D eigenvalue weighted by Gasteiger charge is -2.15. The predicted octanol–water partition coefficient (Wildman–Crippen LogP) is 4.88. The first-order valence-corrected chi connectivity index (χ1v) is 7.47. The molecule has 19 heavy (non-hydrogen) atoms. The van der Waals surface area contributed by atoms with E-state index in [2.05, 4.69) is 13.0 Å². The number of carbonyl (C=O) groups is 1. The van der Waals surface area contributed by atoms with Crippen LogP contribution in [0.4, 0.5) is 4.79 Å². The second kappa shape index (κ2) is 13.2. The molecule has 0 aliphatic carbocycles. The molecule has 0 saturated heterocycles. The van der Waals surface area contributed by atoms with Crippen molar-refractivity contribution in [2.45, 2.75) is 83.7 Å². The molecule has 0 bridgehead atoms. The van der Waals surface area contributed by atoms with Crippen LogP contribution in [0.1, 0.15) is 77.6 Å². The van der Waals surface area contributed by atoms with E-state index >= 15 is 0 Å². The molecule has 0 rings (SSSR count). The molecule has 0 aliphatic heterocycles. The Labute approximate surface area is 116 Å². The molecular formula is C15H27NO3. The smallest absolute Gasteiger partial charge is 0.450 e. The van der Waals surface area contributed by atoms with Crippen molar-refractivity contribution in [1.29, 1.82) is 5.26 Å². The highest BCUT2D eigenvalue weighted by atomic mass is 16.7. The fraction of sp³-hybridized carbons (Fsp3) is 0.867. The molecule has 0 aliphatic rings. The lowest BCUT2D eigenvalue weighted by Crippen LogP contribution is -2.16. The molecule has 0 aromatic rings. The van der Waals surface area contributed by atoms with Gasteiger partial charge in [-0.3, -0.25) is 0 Å². The first kappa shape index (κ1) is 17.8. The van der Waals surface area contributed by atoms with Gasteiger partial charge in [-0.15, -0.1) is 0 Å². The SMILES string of the molecule is CCCCCCCCCC(CCCC#N)OC(=O)O. The van der Waals surface area contributed by atoms with Crippen molar-refractivity contribution < 1.29 is 14.6 Å². The van der Waals surface area contributed by atoms with E-state index in [0.717, 1.165) is 19.3 Å². The summed E-state index contributed by atoms with van der Waals surface area (Å²) in [6.07, 6.45) is 9.69. The average molecular weight is 269 g/mol. The first-order valence-electron chi connectivity index (χ1n) is 7.47. The Morgan fingerprint density at radius 2 is 1.68 bits per heavy atom. The van der Waals surface area contributed by atoms with Crippen molar-refractivity contribution in [3.63, 3.8) is 0 Å². The summed E-state index contributed by atoms with van der Waals surface area (Å²) in [7, 11) is 0. The molecule has 1 N–H and O–H groups in total. The minimum absolute atomic E-state index is 0.235. The van der Waals surface area contributed by atoms with Gasteiger partial charge in [-0.2, -0.15) is 5.26 Å². The number of unbranched alkanes of at least 4 members (excludes halogenated alkanes) is 7. The molecule has 4 nitrogen and oxygen atoms in total. The standard InChI is InChI=1S/C15H27NO3/c1-2-3-4-5-6-7-8-11-14(19-15(17)18)12-9-10-13-16/h14H,2-12H2,1H3,(H,17,18). The maximum atomic E-state index is 10.6. The maximum absolute atomic E-state index is 10.6. The molecule has 0 aromatic carbocycles. The summed E-state index contributed by atoms with van der Waals surface area (Å²) in [5, 5.41) is 17.1. The van der Waals surface area contributed by atoms with E-state index in [0.29, 0.717) is 19.3 Å². The Balaban J connectivity index is 3.61. The van der Waals surface area contributed by atoms with Crippen LogP contribution in [0.2, 0.25) is 0 Å². The molecule has 0 fully saturated rings. The average Bonchev–Trinajstić information content (AvgIpc) is 2.37. The van der Waals surface area contributed by atoms with Gasteiger partial charge < -0.3 is 9.84 Å². The highest BCUT2D eigenvalue weighted by Gasteiger charge is 2.12. The molecule has 110 valence electrons. The van der Waals surface area contributed by atoms with Crippen molar-refractivity contribution >= 4 is 6.16 Å². The molecule has 0 aromatic heterocycles. The highest BCUT2D eigenvalue weighted by Crippen LogP contribution is 2.15. The molecule has 0 amide bonds. The van der Waals surface area contributed by atoms with E-state index in [1.54, 1.807) is 0 Å². The number of ether oxygens (including phenoxy) is 1. The van der Waals surface area contributed by atoms with Crippen LogP contribution in [-0.4, -0.2) is 17.4 Å². The van der Waals surface area contributed by atoms with Crippen LogP contribution in [-0.2, 0) is 4.74 Å². The molecule has 0 heterocycles. The second-order valence-electron chi connectivity index (χ2n) is 4.97. The summed E-state index contributed by atoms with van der Waals surface area (Å²) in [4.78, 5) is 10.6. The van der Waals surface area contributed by atoms with Crippen LogP contribution in [0.5, 0.6) is 0 Å². The summed E-state index contributed by atoms with van der Waals surface area (Å²) in [5.41, 5.74) is 0. The number of carboxylic acid groups (broad SMARTS) is 1. The summed E-state index contributed by atoms with van der Waals surface area (Å²) in [5.74, 6) is 0. The van der Waals surface area contributed by atoms with Gasteiger partial charge in [-0.25, -0.2) is 4.79 Å². The van der Waals surface area contributed by atoms with Crippen LogP contribution in [0.25, 0.3) is 0 Å². The largest absolute Gasteiger partial charge is 0.506 e. The van der Waals surface area contributed by atoms with Crippen molar-refractivity contribution in [3.8, 4) is 6.07 Å². The molecule has 1 unspecified atom stereocenters. The number of rotatable bonds is 12. The number of hydrogen-bond donors (Lipinski definition) is 1. The lowest BCUT2D eigenvalue weighted by atomic mass is 10.0. The zero-order chi connectivity index (χ0) is 14.3. The fourth-order valence-corrected chi connectivity index (χ4v) is 2.14. The summed E-state index contributed by atoms with van der Waals surface area (Å²) < 4.78 is 4.85. The van der Waals surface area contributed by atoms with E-state index < -0.39 is 6.16 Å². The van der Waals surface area contributed by atoms with E-state index in [-0.39, 0.29) is 6.10 Å². The Morgan fingerprint density at radius 3 is 2.26 bits per heavy atom. The van der Waals surface area contributed by atoms with Gasteiger partial charge in [0.1, 0.15) is 6.10 Å². The lowest BCUT2D eigenvalue weighted by molar-refractivity contribution is 0.0427. The van der Waals surface area contributed by atoms with E-state index in [9.17, 15) is 4.79 Å². The summed E-state index contributed by atoms with van der Waals surface area (Å²) in [6.45, 7) is 2.20. The third-order valence-electron chi connectivity index (χ3n) is 3.21. The minimum Gasteiger partial charge on any atom is -0.450 e. The van der Waals surface area contributed by atoms with Crippen LogP contribution in [0.15, 0.2) is 0 Å². The van der Waals surface area contributed by atoms with Crippen LogP contribution in [0.3, 0.4) is 0 Å². The third-order valence-corrected chi connectivity index (χ3v) is 3.21. The van der Waals surface area contributed by atoms with Crippen molar-refractivity contribution in [1.82, 2.24) is 0 Å².